The molecule has 0 radical (unpaired) electrons. The predicted octanol–water partition coefficient (Wildman–Crippen LogP) is 3.74. The van der Waals surface area contributed by atoms with Crippen molar-refractivity contribution in [3.8, 4) is 0 Å². The molecule has 2 rings (SSSR count). The van der Waals surface area contributed by atoms with Crippen LogP contribution in [0.5, 0.6) is 0 Å². The first-order valence-electron chi connectivity index (χ1n) is 6.93. The van der Waals surface area contributed by atoms with Crippen LogP contribution in [0.25, 0.3) is 0 Å². The highest BCUT2D eigenvalue weighted by Crippen LogP contribution is 2.23. The normalized spacial score (nSPS) is 12.5. The molecule has 1 aromatic heterocycles. The van der Waals surface area contributed by atoms with Gasteiger partial charge in [0.2, 0.25) is 0 Å². The van der Waals surface area contributed by atoms with Crippen LogP contribution < -0.4 is 5.32 Å². The molecule has 0 spiro atoms. The van der Waals surface area contributed by atoms with E-state index in [1.807, 2.05) is 13.8 Å². The molecule has 0 aliphatic heterocycles. The molecule has 2 aromatic rings. The third-order valence-electron chi connectivity index (χ3n) is 3.36. The highest BCUT2D eigenvalue weighted by atomic mass is 19.1. The van der Waals surface area contributed by atoms with E-state index in [-0.39, 0.29) is 17.6 Å². The monoisotopic (exact) mass is 290 g/mol. The van der Waals surface area contributed by atoms with Gasteiger partial charge in [0.15, 0.2) is 5.76 Å². The zero-order valence-electron chi connectivity index (χ0n) is 12.6. The van der Waals surface area contributed by atoms with Crippen LogP contribution in [-0.4, -0.2) is 11.1 Å². The van der Waals surface area contributed by atoms with Crippen molar-refractivity contribution in [1.82, 2.24) is 10.5 Å². The summed E-state index contributed by atoms with van der Waals surface area (Å²) in [5, 5.41) is 6.64. The van der Waals surface area contributed by atoms with Crippen LogP contribution in [0.15, 0.2) is 28.8 Å². The van der Waals surface area contributed by atoms with E-state index in [2.05, 4.69) is 10.5 Å². The Bertz CT molecular complexity index is 649. The first kappa shape index (κ1) is 15.2. The van der Waals surface area contributed by atoms with Crippen molar-refractivity contribution in [2.24, 2.45) is 0 Å². The van der Waals surface area contributed by atoms with Gasteiger partial charge in [-0.25, -0.2) is 4.39 Å². The molecular weight excluding hydrogens is 271 g/mol. The number of amides is 1. The highest BCUT2D eigenvalue weighted by Gasteiger charge is 2.24. The maximum absolute atomic E-state index is 13.7. The van der Waals surface area contributed by atoms with Gasteiger partial charge in [0.05, 0.1) is 11.7 Å². The zero-order chi connectivity index (χ0) is 15.6. The lowest BCUT2D eigenvalue weighted by Gasteiger charge is -2.15. The number of rotatable bonds is 4. The summed E-state index contributed by atoms with van der Waals surface area (Å²) in [6.07, 6.45) is 0. The second kappa shape index (κ2) is 6.08. The summed E-state index contributed by atoms with van der Waals surface area (Å²) in [5.41, 5.74) is 1.43. The van der Waals surface area contributed by atoms with Crippen LogP contribution in [0, 0.1) is 12.7 Å². The molecule has 0 saturated carbocycles. The Morgan fingerprint density at radius 3 is 2.57 bits per heavy atom. The molecular formula is C16H19FN2O2. The van der Waals surface area contributed by atoms with Gasteiger partial charge < -0.3 is 9.84 Å². The Morgan fingerprint density at radius 1 is 1.29 bits per heavy atom. The molecule has 4 nitrogen and oxygen atoms in total. The Labute approximate surface area is 123 Å². The molecule has 21 heavy (non-hydrogen) atoms. The first-order valence-corrected chi connectivity index (χ1v) is 6.93. The van der Waals surface area contributed by atoms with Gasteiger partial charge >= 0.3 is 0 Å². The van der Waals surface area contributed by atoms with E-state index in [4.69, 9.17) is 4.52 Å². The van der Waals surface area contributed by atoms with Gasteiger partial charge in [0, 0.05) is 11.5 Å². The van der Waals surface area contributed by atoms with Crippen molar-refractivity contribution >= 4 is 5.91 Å². The topological polar surface area (TPSA) is 55.1 Å². The van der Waals surface area contributed by atoms with E-state index in [0.29, 0.717) is 22.6 Å². The van der Waals surface area contributed by atoms with Crippen molar-refractivity contribution < 1.29 is 13.7 Å². The fraction of sp³-hybridized carbons (Fsp3) is 0.375. The zero-order valence-corrected chi connectivity index (χ0v) is 12.6. The van der Waals surface area contributed by atoms with E-state index in [1.165, 1.54) is 6.07 Å². The minimum absolute atomic E-state index is 0.0516. The first-order chi connectivity index (χ1) is 9.91. The fourth-order valence-electron chi connectivity index (χ4n) is 2.23. The summed E-state index contributed by atoms with van der Waals surface area (Å²) < 4.78 is 18.9. The van der Waals surface area contributed by atoms with E-state index < -0.39 is 6.04 Å². The number of nitrogens with one attached hydrogen (secondary N) is 1. The lowest BCUT2D eigenvalue weighted by Crippen LogP contribution is -2.28. The molecule has 1 N–H and O–H groups in total. The number of nitrogens with zero attached hydrogens (tertiary/aromatic N) is 1. The minimum Gasteiger partial charge on any atom is -0.360 e. The number of benzene rings is 1. The number of carbonyl (C=O) groups is 1. The fourth-order valence-corrected chi connectivity index (χ4v) is 2.23. The van der Waals surface area contributed by atoms with Gasteiger partial charge in [-0.2, -0.15) is 0 Å². The molecule has 1 aromatic carbocycles. The summed E-state index contributed by atoms with van der Waals surface area (Å²) in [6.45, 7) is 7.32. The molecule has 1 amide bonds. The average Bonchev–Trinajstić information content (AvgIpc) is 2.81. The maximum atomic E-state index is 13.7. The molecule has 0 fully saturated rings. The van der Waals surface area contributed by atoms with Crippen LogP contribution in [0.2, 0.25) is 0 Å². The SMILES string of the molecule is Cc1noc(C(C)C)c1C(=O)N[C@H](C)c1ccccc1F. The van der Waals surface area contributed by atoms with Gasteiger partial charge in [-0.3, -0.25) is 4.79 Å². The lowest BCUT2D eigenvalue weighted by molar-refractivity contribution is 0.0936. The summed E-state index contributed by atoms with van der Waals surface area (Å²) in [6, 6.07) is 5.96. The molecule has 1 atom stereocenters. The highest BCUT2D eigenvalue weighted by molar-refractivity contribution is 5.96. The molecule has 1 heterocycles. The Morgan fingerprint density at radius 2 is 1.95 bits per heavy atom. The average molecular weight is 290 g/mol. The van der Waals surface area contributed by atoms with Crippen molar-refractivity contribution in [1.29, 1.82) is 0 Å². The summed E-state index contributed by atoms with van der Waals surface area (Å²) in [7, 11) is 0. The number of halogens is 1. The minimum atomic E-state index is -0.437. The molecule has 112 valence electrons. The van der Waals surface area contributed by atoms with Crippen molar-refractivity contribution in [3.63, 3.8) is 0 Å². The van der Waals surface area contributed by atoms with Crippen molar-refractivity contribution in [3.05, 3.63) is 52.7 Å². The Hall–Kier alpha value is -2.17. The third kappa shape index (κ3) is 3.12. The molecule has 0 aliphatic carbocycles. The van der Waals surface area contributed by atoms with E-state index in [9.17, 15) is 9.18 Å². The standard InChI is InChI=1S/C16H19FN2O2/c1-9(2)15-14(11(4)19-21-15)16(20)18-10(3)12-7-5-6-8-13(12)17/h5-10H,1-4H3,(H,18,20)/t10-/m1/s1. The quantitative estimate of drug-likeness (QED) is 0.933. The Balaban J connectivity index is 2.23. The van der Waals surface area contributed by atoms with Gasteiger partial charge in [-0.15, -0.1) is 0 Å². The summed E-state index contributed by atoms with van der Waals surface area (Å²) in [5.74, 6) is -0.0360. The van der Waals surface area contributed by atoms with Crippen LogP contribution in [0.4, 0.5) is 4.39 Å². The molecule has 0 unspecified atom stereocenters. The van der Waals surface area contributed by atoms with Crippen LogP contribution in [0.3, 0.4) is 0 Å². The maximum Gasteiger partial charge on any atom is 0.257 e. The number of carbonyl (C=O) groups excluding carboxylic acids is 1. The number of aryl methyl sites for hydroxylation is 1. The van der Waals surface area contributed by atoms with Gasteiger partial charge in [-0.1, -0.05) is 37.2 Å². The second-order valence-electron chi connectivity index (χ2n) is 5.38. The predicted molar refractivity (Wildman–Crippen MR) is 77.6 cm³/mol. The molecule has 5 heteroatoms. The number of aromatic nitrogens is 1. The van der Waals surface area contributed by atoms with Crippen molar-refractivity contribution in [2.45, 2.75) is 39.7 Å². The number of hydrogen-bond acceptors (Lipinski definition) is 3. The van der Waals surface area contributed by atoms with Gasteiger partial charge in [0.1, 0.15) is 11.4 Å². The summed E-state index contributed by atoms with van der Waals surface area (Å²) >= 11 is 0. The molecule has 0 bridgehead atoms. The van der Waals surface area contributed by atoms with Crippen LogP contribution in [0.1, 0.15) is 60.1 Å². The third-order valence-corrected chi connectivity index (χ3v) is 3.36. The Kier molecular flexibility index (Phi) is 4.40. The lowest BCUT2D eigenvalue weighted by atomic mass is 10.0. The van der Waals surface area contributed by atoms with Gasteiger partial charge in [-0.05, 0) is 19.9 Å². The number of hydrogen-bond donors (Lipinski definition) is 1. The van der Waals surface area contributed by atoms with Crippen LogP contribution in [-0.2, 0) is 0 Å². The summed E-state index contributed by atoms with van der Waals surface area (Å²) in [4.78, 5) is 12.4. The second-order valence-corrected chi connectivity index (χ2v) is 5.38. The van der Waals surface area contributed by atoms with E-state index in [1.54, 1.807) is 32.0 Å². The van der Waals surface area contributed by atoms with Crippen molar-refractivity contribution in [2.75, 3.05) is 0 Å². The van der Waals surface area contributed by atoms with E-state index >= 15 is 0 Å². The molecule has 0 saturated heterocycles. The smallest absolute Gasteiger partial charge is 0.257 e. The van der Waals surface area contributed by atoms with E-state index in [0.717, 1.165) is 0 Å². The van der Waals surface area contributed by atoms with Crippen LogP contribution >= 0.6 is 0 Å². The molecule has 0 aliphatic rings. The van der Waals surface area contributed by atoms with Gasteiger partial charge in [0.25, 0.3) is 5.91 Å². The largest absolute Gasteiger partial charge is 0.360 e.